The van der Waals surface area contributed by atoms with E-state index in [2.05, 4.69) is 214 Å². The van der Waals surface area contributed by atoms with Crippen molar-refractivity contribution in [1.29, 1.82) is 5.26 Å². The lowest BCUT2D eigenvalue weighted by Crippen LogP contribution is -2.00. The van der Waals surface area contributed by atoms with E-state index in [0.717, 1.165) is 50.3 Å². The Balaban J connectivity index is 1.08. The van der Waals surface area contributed by atoms with Crippen molar-refractivity contribution >= 4 is 65.4 Å². The smallest absolute Gasteiger partial charge is 0.0991 e. The number of hydrogen-bond acceptors (Lipinski definition) is 1. The third-order valence-corrected chi connectivity index (χ3v) is 12.0. The average molecular weight is 751 g/mol. The average Bonchev–Trinajstić information content (AvgIpc) is 3.94. The lowest BCUT2D eigenvalue weighted by molar-refractivity contribution is 1.13. The second-order valence-corrected chi connectivity index (χ2v) is 15.3. The van der Waals surface area contributed by atoms with Gasteiger partial charge < -0.3 is 13.7 Å². The molecule has 0 atom stereocenters. The Morgan fingerprint density at radius 1 is 0.271 bits per heavy atom. The van der Waals surface area contributed by atoms with Crippen LogP contribution in [0.2, 0.25) is 0 Å². The molecule has 0 spiro atoms. The molecule has 12 rings (SSSR count). The van der Waals surface area contributed by atoms with E-state index in [1.54, 1.807) is 0 Å². The van der Waals surface area contributed by atoms with Crippen LogP contribution < -0.4 is 0 Å². The van der Waals surface area contributed by atoms with E-state index in [4.69, 9.17) is 0 Å². The van der Waals surface area contributed by atoms with Gasteiger partial charge in [0.15, 0.2) is 0 Å². The van der Waals surface area contributed by atoms with Crippen molar-refractivity contribution < 1.29 is 0 Å². The molecule has 9 aromatic carbocycles. The van der Waals surface area contributed by atoms with Crippen LogP contribution in [0.15, 0.2) is 206 Å². The molecule has 0 saturated carbocycles. The van der Waals surface area contributed by atoms with Crippen LogP contribution >= 0.6 is 0 Å². The van der Waals surface area contributed by atoms with Crippen molar-refractivity contribution in [2.75, 3.05) is 0 Å². The number of nitrogens with zero attached hydrogens (tertiary/aromatic N) is 4. The minimum Gasteiger partial charge on any atom is -0.309 e. The van der Waals surface area contributed by atoms with Crippen molar-refractivity contribution in [3.05, 3.63) is 212 Å². The molecule has 0 fully saturated rings. The summed E-state index contributed by atoms with van der Waals surface area (Å²) in [6.45, 7) is 0. The summed E-state index contributed by atoms with van der Waals surface area (Å²) in [5.74, 6) is 0. The molecule has 3 heterocycles. The molecular formula is C55H34N4. The summed E-state index contributed by atoms with van der Waals surface area (Å²) in [5.41, 5.74) is 15.4. The van der Waals surface area contributed by atoms with Crippen LogP contribution in [0.25, 0.3) is 105 Å². The summed E-state index contributed by atoms with van der Waals surface area (Å²) in [6, 6.07) is 76.3. The zero-order valence-electron chi connectivity index (χ0n) is 31.9. The first-order valence-corrected chi connectivity index (χ1v) is 20.0. The van der Waals surface area contributed by atoms with Gasteiger partial charge in [-0.1, -0.05) is 115 Å². The minimum atomic E-state index is 0.645. The maximum atomic E-state index is 9.61. The van der Waals surface area contributed by atoms with Crippen molar-refractivity contribution in [3.63, 3.8) is 0 Å². The fourth-order valence-corrected chi connectivity index (χ4v) is 9.40. The number of nitriles is 1. The molecule has 12 aromatic rings. The van der Waals surface area contributed by atoms with Gasteiger partial charge in [0.25, 0.3) is 0 Å². The SMILES string of the molecule is N#Cc1ccc(-c2cc(-n3c4ccccc4c4ccccc43)cc(-n3c4ccccc4c4cc(-c5ccc6c(c5)c5ccccc5n6-c5ccccc5)ccc43)c2)cc1. The Hall–Kier alpha value is -8.13. The van der Waals surface area contributed by atoms with Crippen LogP contribution in [-0.4, -0.2) is 13.7 Å². The first-order chi connectivity index (χ1) is 29.2. The zero-order valence-corrected chi connectivity index (χ0v) is 31.9. The number of fused-ring (bicyclic) bond motifs is 9. The van der Waals surface area contributed by atoms with Gasteiger partial charge in [-0.15, -0.1) is 0 Å². The van der Waals surface area contributed by atoms with Gasteiger partial charge in [-0.05, 0) is 113 Å². The normalized spacial score (nSPS) is 11.7. The Bertz CT molecular complexity index is 3610. The van der Waals surface area contributed by atoms with Crippen LogP contribution in [0.3, 0.4) is 0 Å². The first-order valence-electron chi connectivity index (χ1n) is 20.0. The topological polar surface area (TPSA) is 38.6 Å². The highest BCUT2D eigenvalue weighted by atomic mass is 15.0. The van der Waals surface area contributed by atoms with Gasteiger partial charge in [0.1, 0.15) is 0 Å². The second kappa shape index (κ2) is 13.0. The molecule has 0 aliphatic carbocycles. The molecule has 0 aliphatic heterocycles. The molecule has 0 saturated heterocycles. The molecule has 4 heteroatoms. The molecule has 0 aliphatic rings. The van der Waals surface area contributed by atoms with E-state index < -0.39 is 0 Å². The van der Waals surface area contributed by atoms with Crippen LogP contribution in [0, 0.1) is 11.3 Å². The van der Waals surface area contributed by atoms with Gasteiger partial charge >= 0.3 is 0 Å². The summed E-state index contributed by atoms with van der Waals surface area (Å²) in [4.78, 5) is 0. The van der Waals surface area contributed by atoms with Crippen molar-refractivity contribution in [3.8, 4) is 45.4 Å². The first kappa shape index (κ1) is 33.1. The Morgan fingerprint density at radius 2 is 0.644 bits per heavy atom. The third-order valence-electron chi connectivity index (χ3n) is 12.0. The van der Waals surface area contributed by atoms with Gasteiger partial charge in [0.05, 0.1) is 44.7 Å². The summed E-state index contributed by atoms with van der Waals surface area (Å²) in [7, 11) is 0. The molecule has 4 nitrogen and oxygen atoms in total. The molecule has 0 radical (unpaired) electrons. The Kier molecular flexibility index (Phi) is 7.26. The molecular weight excluding hydrogens is 717 g/mol. The molecule has 0 N–H and O–H groups in total. The fourth-order valence-electron chi connectivity index (χ4n) is 9.40. The van der Waals surface area contributed by atoms with Crippen molar-refractivity contribution in [1.82, 2.24) is 13.7 Å². The van der Waals surface area contributed by atoms with E-state index in [1.807, 2.05) is 12.1 Å². The molecule has 59 heavy (non-hydrogen) atoms. The number of rotatable bonds is 5. The highest BCUT2D eigenvalue weighted by Gasteiger charge is 2.19. The second-order valence-electron chi connectivity index (χ2n) is 15.3. The predicted octanol–water partition coefficient (Wildman–Crippen LogP) is 14.2. The summed E-state index contributed by atoms with van der Waals surface area (Å²) in [6.07, 6.45) is 0. The largest absolute Gasteiger partial charge is 0.309 e. The van der Waals surface area contributed by atoms with Crippen LogP contribution in [0.1, 0.15) is 5.56 Å². The zero-order chi connectivity index (χ0) is 39.0. The molecule has 0 amide bonds. The van der Waals surface area contributed by atoms with Crippen LogP contribution in [0.4, 0.5) is 0 Å². The Labute approximate surface area is 340 Å². The lowest BCUT2D eigenvalue weighted by atomic mass is 10.0. The predicted molar refractivity (Wildman–Crippen MR) is 245 cm³/mol. The molecule has 0 unspecified atom stereocenters. The van der Waals surface area contributed by atoms with Gasteiger partial charge in [0.2, 0.25) is 0 Å². The third kappa shape index (κ3) is 5.09. The van der Waals surface area contributed by atoms with Crippen molar-refractivity contribution in [2.24, 2.45) is 0 Å². The van der Waals surface area contributed by atoms with E-state index in [-0.39, 0.29) is 0 Å². The van der Waals surface area contributed by atoms with Gasteiger partial charge in [0, 0.05) is 49.4 Å². The number of aromatic nitrogens is 3. The molecule has 0 bridgehead atoms. The minimum absolute atomic E-state index is 0.645. The maximum absolute atomic E-state index is 9.61. The number of para-hydroxylation sites is 5. The number of hydrogen-bond donors (Lipinski definition) is 0. The van der Waals surface area contributed by atoms with Gasteiger partial charge in [-0.2, -0.15) is 5.26 Å². The lowest BCUT2D eigenvalue weighted by Gasteiger charge is -2.16. The molecule has 274 valence electrons. The number of benzene rings is 9. The van der Waals surface area contributed by atoms with Crippen molar-refractivity contribution in [2.45, 2.75) is 0 Å². The van der Waals surface area contributed by atoms with Gasteiger partial charge in [-0.3, -0.25) is 0 Å². The summed E-state index contributed by atoms with van der Waals surface area (Å²) < 4.78 is 7.17. The standard InChI is InChI=1S/C55H34N4/c56-35-36-22-24-37(25-23-36)40-30-42(58-50-18-8-4-14-44(50)45-15-5-9-19-51(45)58)34-43(31-40)59-53-21-11-7-17-47(53)49-33-39(27-29-55(49)59)38-26-28-54-48(32-38)46-16-6-10-20-52(46)57(54)41-12-2-1-3-13-41/h1-34H. The highest BCUT2D eigenvalue weighted by Crippen LogP contribution is 2.40. The highest BCUT2D eigenvalue weighted by molar-refractivity contribution is 6.13. The summed E-state index contributed by atoms with van der Waals surface area (Å²) in [5, 5.41) is 16.9. The van der Waals surface area contributed by atoms with E-state index >= 15 is 0 Å². The maximum Gasteiger partial charge on any atom is 0.0991 e. The monoisotopic (exact) mass is 750 g/mol. The Morgan fingerprint density at radius 3 is 1.10 bits per heavy atom. The van der Waals surface area contributed by atoms with E-state index in [9.17, 15) is 5.26 Å². The molecule has 3 aromatic heterocycles. The quantitative estimate of drug-likeness (QED) is 0.173. The van der Waals surface area contributed by atoms with Crippen LogP contribution in [-0.2, 0) is 0 Å². The van der Waals surface area contributed by atoms with E-state index in [0.29, 0.717) is 5.56 Å². The van der Waals surface area contributed by atoms with Crippen LogP contribution in [0.5, 0.6) is 0 Å². The van der Waals surface area contributed by atoms with Gasteiger partial charge in [-0.25, -0.2) is 0 Å². The summed E-state index contributed by atoms with van der Waals surface area (Å²) >= 11 is 0. The van der Waals surface area contributed by atoms with E-state index in [1.165, 1.54) is 54.5 Å². The fraction of sp³-hybridized carbons (Fsp3) is 0.